The zero-order valence-corrected chi connectivity index (χ0v) is 14.3. The van der Waals surface area contributed by atoms with E-state index in [1.54, 1.807) is 0 Å². The number of hydrogen-bond donors (Lipinski definition) is 1. The fraction of sp³-hybridized carbons (Fsp3) is 0.579. The van der Waals surface area contributed by atoms with Crippen molar-refractivity contribution in [2.75, 3.05) is 4.90 Å². The monoisotopic (exact) mass is 315 g/mol. The molecule has 0 radical (unpaired) electrons. The number of quaternary nitrogens is 1. The summed E-state index contributed by atoms with van der Waals surface area (Å²) >= 11 is 0. The van der Waals surface area contributed by atoms with Crippen LogP contribution in [0, 0.1) is 18.8 Å². The molecule has 124 valence electrons. The van der Waals surface area contributed by atoms with Crippen molar-refractivity contribution in [1.29, 1.82) is 0 Å². The van der Waals surface area contributed by atoms with Gasteiger partial charge in [-0.25, -0.2) is 4.90 Å². The van der Waals surface area contributed by atoms with E-state index in [-0.39, 0.29) is 17.9 Å². The molecule has 4 nitrogen and oxygen atoms in total. The van der Waals surface area contributed by atoms with Crippen molar-refractivity contribution in [1.82, 2.24) is 0 Å². The van der Waals surface area contributed by atoms with Crippen molar-refractivity contribution < 1.29 is 14.9 Å². The number of carbonyl (C=O) groups is 2. The lowest BCUT2D eigenvalue weighted by Gasteiger charge is -2.33. The number of amides is 2. The van der Waals surface area contributed by atoms with Crippen molar-refractivity contribution in [3.05, 3.63) is 29.8 Å². The first-order chi connectivity index (χ1) is 11.0. The highest BCUT2D eigenvalue weighted by molar-refractivity contribution is 6.21. The third-order valence-electron chi connectivity index (χ3n) is 5.72. The highest BCUT2D eigenvalue weighted by Crippen LogP contribution is 2.28. The maximum Gasteiger partial charge on any atom is 0.292 e. The second-order valence-corrected chi connectivity index (χ2v) is 7.34. The van der Waals surface area contributed by atoms with Crippen LogP contribution in [0.15, 0.2) is 24.3 Å². The molecule has 1 aromatic carbocycles. The third kappa shape index (κ3) is 3.18. The van der Waals surface area contributed by atoms with Crippen LogP contribution >= 0.6 is 0 Å². The van der Waals surface area contributed by atoms with Gasteiger partial charge in [-0.05, 0) is 44.2 Å². The number of nitrogens with zero attached hydrogens (tertiary/aromatic N) is 1. The molecule has 0 bridgehead atoms. The Balaban J connectivity index is 1.72. The standard InChI is InChI=1S/C19H26N2O2/c1-12-7-9-15(10-8-12)21-18(22)11-17(19(21)23)20-16-6-4-5-13(2)14(16)3/h7-10,13-14,16-17,20H,4-6,11H2,1-3H3/p+1. The Labute approximate surface area is 138 Å². The Morgan fingerprint density at radius 2 is 1.78 bits per heavy atom. The van der Waals surface area contributed by atoms with E-state index >= 15 is 0 Å². The topological polar surface area (TPSA) is 54.0 Å². The Morgan fingerprint density at radius 1 is 1.09 bits per heavy atom. The van der Waals surface area contributed by atoms with Gasteiger partial charge in [0.2, 0.25) is 5.91 Å². The Kier molecular flexibility index (Phi) is 4.53. The number of anilines is 1. The van der Waals surface area contributed by atoms with E-state index in [0.717, 1.165) is 12.0 Å². The first-order valence-electron chi connectivity index (χ1n) is 8.76. The van der Waals surface area contributed by atoms with E-state index in [2.05, 4.69) is 19.2 Å². The van der Waals surface area contributed by atoms with Gasteiger partial charge >= 0.3 is 0 Å². The Morgan fingerprint density at radius 3 is 2.48 bits per heavy atom. The molecule has 0 aromatic heterocycles. The molecule has 4 unspecified atom stereocenters. The SMILES string of the molecule is Cc1ccc(N2C(=O)CC([NH2+]C3CCCC(C)C3C)C2=O)cc1. The van der Waals surface area contributed by atoms with Crippen LogP contribution in [0.3, 0.4) is 0 Å². The fourth-order valence-electron chi connectivity index (χ4n) is 3.96. The summed E-state index contributed by atoms with van der Waals surface area (Å²) in [6.07, 6.45) is 3.97. The Bertz CT molecular complexity index is 596. The number of carbonyl (C=O) groups excluding carboxylic acids is 2. The second-order valence-electron chi connectivity index (χ2n) is 7.34. The van der Waals surface area contributed by atoms with Crippen LogP contribution in [-0.4, -0.2) is 23.9 Å². The van der Waals surface area contributed by atoms with E-state index in [1.807, 2.05) is 31.2 Å². The van der Waals surface area contributed by atoms with Gasteiger partial charge in [0.15, 0.2) is 6.04 Å². The molecule has 4 atom stereocenters. The number of nitrogens with two attached hydrogens (primary N) is 1. The summed E-state index contributed by atoms with van der Waals surface area (Å²) in [4.78, 5) is 26.5. The van der Waals surface area contributed by atoms with E-state index in [9.17, 15) is 9.59 Å². The molecular formula is C19H27N2O2+. The predicted molar refractivity (Wildman–Crippen MR) is 90.0 cm³/mol. The van der Waals surface area contributed by atoms with Gasteiger partial charge in [0, 0.05) is 5.92 Å². The average molecular weight is 315 g/mol. The third-order valence-corrected chi connectivity index (χ3v) is 5.72. The molecule has 0 spiro atoms. The highest BCUT2D eigenvalue weighted by atomic mass is 16.2. The van der Waals surface area contributed by atoms with Crippen LogP contribution in [0.1, 0.15) is 45.1 Å². The van der Waals surface area contributed by atoms with Gasteiger partial charge in [-0.15, -0.1) is 0 Å². The largest absolute Gasteiger partial charge is 0.333 e. The van der Waals surface area contributed by atoms with Crippen molar-refractivity contribution in [2.24, 2.45) is 11.8 Å². The number of rotatable bonds is 3. The first kappa shape index (κ1) is 16.2. The lowest BCUT2D eigenvalue weighted by atomic mass is 9.78. The molecule has 1 saturated carbocycles. The Hall–Kier alpha value is -1.68. The van der Waals surface area contributed by atoms with Gasteiger partial charge in [-0.3, -0.25) is 9.59 Å². The van der Waals surface area contributed by atoms with E-state index in [0.29, 0.717) is 30.0 Å². The highest BCUT2D eigenvalue weighted by Gasteiger charge is 2.44. The molecule has 1 aliphatic carbocycles. The normalized spacial score (nSPS) is 31.7. The minimum Gasteiger partial charge on any atom is -0.333 e. The van der Waals surface area contributed by atoms with Crippen molar-refractivity contribution in [3.63, 3.8) is 0 Å². The van der Waals surface area contributed by atoms with Gasteiger partial charge in [-0.2, -0.15) is 0 Å². The number of benzene rings is 1. The van der Waals surface area contributed by atoms with Crippen LogP contribution < -0.4 is 10.2 Å². The summed E-state index contributed by atoms with van der Waals surface area (Å²) in [6, 6.07) is 7.81. The average Bonchev–Trinajstić information content (AvgIpc) is 2.79. The minimum absolute atomic E-state index is 0.0516. The summed E-state index contributed by atoms with van der Waals surface area (Å²) in [5, 5.41) is 2.18. The maximum atomic E-state index is 12.7. The van der Waals surface area contributed by atoms with Crippen LogP contribution in [0.25, 0.3) is 0 Å². The van der Waals surface area contributed by atoms with Gasteiger partial charge in [-0.1, -0.05) is 31.5 Å². The smallest absolute Gasteiger partial charge is 0.292 e. The molecule has 1 aliphatic heterocycles. The summed E-state index contributed by atoms with van der Waals surface area (Å²) in [5.74, 6) is 1.17. The van der Waals surface area contributed by atoms with Gasteiger partial charge in [0.25, 0.3) is 5.91 Å². The zero-order chi connectivity index (χ0) is 16.6. The van der Waals surface area contributed by atoms with Crippen molar-refractivity contribution >= 4 is 17.5 Å². The predicted octanol–water partition coefficient (Wildman–Crippen LogP) is 2.02. The molecule has 4 heteroatoms. The van der Waals surface area contributed by atoms with Crippen molar-refractivity contribution in [3.8, 4) is 0 Å². The van der Waals surface area contributed by atoms with Crippen LogP contribution in [0.2, 0.25) is 0 Å². The molecule has 2 amide bonds. The molecule has 2 N–H and O–H groups in total. The quantitative estimate of drug-likeness (QED) is 0.868. The summed E-state index contributed by atoms with van der Waals surface area (Å²) < 4.78 is 0. The second kappa shape index (κ2) is 6.44. The first-order valence-corrected chi connectivity index (χ1v) is 8.76. The van der Waals surface area contributed by atoms with Crippen molar-refractivity contribution in [2.45, 2.75) is 58.5 Å². The minimum atomic E-state index is -0.249. The summed E-state index contributed by atoms with van der Waals surface area (Å²) in [5.41, 5.74) is 1.83. The molecular weight excluding hydrogens is 288 g/mol. The van der Waals surface area contributed by atoms with Crippen LogP contribution in [-0.2, 0) is 9.59 Å². The number of aryl methyl sites for hydroxylation is 1. The van der Waals surface area contributed by atoms with Gasteiger partial charge in [0.05, 0.1) is 18.2 Å². The van der Waals surface area contributed by atoms with E-state index in [4.69, 9.17) is 0 Å². The van der Waals surface area contributed by atoms with E-state index in [1.165, 1.54) is 17.7 Å². The summed E-state index contributed by atoms with van der Waals surface area (Å²) in [6.45, 7) is 6.58. The van der Waals surface area contributed by atoms with Crippen LogP contribution in [0.5, 0.6) is 0 Å². The van der Waals surface area contributed by atoms with E-state index < -0.39 is 0 Å². The number of hydrogen-bond acceptors (Lipinski definition) is 2. The van der Waals surface area contributed by atoms with Crippen LogP contribution in [0.4, 0.5) is 5.69 Å². The lowest BCUT2D eigenvalue weighted by molar-refractivity contribution is -0.716. The molecule has 2 fully saturated rings. The van der Waals surface area contributed by atoms with Gasteiger partial charge in [0.1, 0.15) is 0 Å². The molecule has 1 aromatic rings. The number of imide groups is 1. The zero-order valence-electron chi connectivity index (χ0n) is 14.3. The molecule has 3 rings (SSSR count). The lowest BCUT2D eigenvalue weighted by Crippen LogP contribution is -2.97. The maximum absolute atomic E-state index is 12.7. The summed E-state index contributed by atoms with van der Waals surface area (Å²) in [7, 11) is 0. The molecule has 1 saturated heterocycles. The fourth-order valence-corrected chi connectivity index (χ4v) is 3.96. The molecule has 23 heavy (non-hydrogen) atoms. The molecule has 2 aliphatic rings. The van der Waals surface area contributed by atoms with Gasteiger partial charge < -0.3 is 5.32 Å². The molecule has 1 heterocycles.